The SMILES string of the molecule is CCO[C@H](Cc1cccc(C2=NOC(c3ccc(Br)cc3)C2)c1)C(=O)N[C@@H](CO)c1ccccc1. The van der Waals surface area contributed by atoms with Gasteiger partial charge in [0.25, 0.3) is 0 Å². The Bertz CT molecular complexity index is 1150. The van der Waals surface area contributed by atoms with Crippen LogP contribution in [0.3, 0.4) is 0 Å². The van der Waals surface area contributed by atoms with E-state index >= 15 is 0 Å². The first kappa shape index (κ1) is 25.1. The van der Waals surface area contributed by atoms with E-state index in [1.54, 1.807) is 0 Å². The number of hydrogen-bond donors (Lipinski definition) is 2. The lowest BCUT2D eigenvalue weighted by Crippen LogP contribution is -2.41. The van der Waals surface area contributed by atoms with Gasteiger partial charge >= 0.3 is 0 Å². The summed E-state index contributed by atoms with van der Waals surface area (Å²) in [6.07, 6.45) is 0.294. The largest absolute Gasteiger partial charge is 0.394 e. The average Bonchev–Trinajstić information content (AvgIpc) is 3.38. The maximum Gasteiger partial charge on any atom is 0.250 e. The fourth-order valence-electron chi connectivity index (χ4n) is 4.11. The molecule has 182 valence electrons. The monoisotopic (exact) mass is 536 g/mol. The van der Waals surface area contributed by atoms with E-state index in [1.807, 2.05) is 85.8 Å². The number of ether oxygens (including phenoxy) is 1. The molecule has 0 saturated heterocycles. The van der Waals surface area contributed by atoms with Crippen molar-refractivity contribution < 1.29 is 19.5 Å². The molecule has 0 spiro atoms. The Balaban J connectivity index is 1.43. The quantitative estimate of drug-likeness (QED) is 0.377. The van der Waals surface area contributed by atoms with Crippen LogP contribution in [-0.2, 0) is 20.8 Å². The van der Waals surface area contributed by atoms with Crippen LogP contribution in [0.1, 0.15) is 47.7 Å². The Morgan fingerprint density at radius 2 is 1.91 bits per heavy atom. The van der Waals surface area contributed by atoms with E-state index in [9.17, 15) is 9.90 Å². The number of aliphatic hydroxyl groups excluding tert-OH is 1. The van der Waals surface area contributed by atoms with Gasteiger partial charge in [-0.1, -0.05) is 81.7 Å². The van der Waals surface area contributed by atoms with Crippen LogP contribution in [0.25, 0.3) is 0 Å². The highest BCUT2D eigenvalue weighted by Crippen LogP contribution is 2.30. The van der Waals surface area contributed by atoms with Gasteiger partial charge in [0.05, 0.1) is 18.4 Å². The lowest BCUT2D eigenvalue weighted by molar-refractivity contribution is -0.133. The van der Waals surface area contributed by atoms with Crippen LogP contribution >= 0.6 is 15.9 Å². The number of rotatable bonds is 10. The summed E-state index contributed by atoms with van der Waals surface area (Å²) in [6, 6.07) is 25.0. The molecule has 1 unspecified atom stereocenters. The predicted molar refractivity (Wildman–Crippen MR) is 139 cm³/mol. The van der Waals surface area contributed by atoms with E-state index in [0.29, 0.717) is 19.4 Å². The molecule has 2 N–H and O–H groups in total. The molecule has 1 aliphatic rings. The molecule has 7 heteroatoms. The van der Waals surface area contributed by atoms with Crippen molar-refractivity contribution in [1.82, 2.24) is 5.32 Å². The van der Waals surface area contributed by atoms with Crippen molar-refractivity contribution in [2.24, 2.45) is 5.16 Å². The van der Waals surface area contributed by atoms with E-state index in [1.165, 1.54) is 0 Å². The number of nitrogens with zero attached hydrogens (tertiary/aromatic N) is 1. The Kier molecular flexibility index (Phi) is 8.69. The highest BCUT2D eigenvalue weighted by Gasteiger charge is 2.26. The van der Waals surface area contributed by atoms with Crippen LogP contribution in [0.4, 0.5) is 0 Å². The fraction of sp³-hybridized carbons (Fsp3) is 0.286. The molecule has 0 radical (unpaired) electrons. The van der Waals surface area contributed by atoms with Gasteiger partial charge in [-0.2, -0.15) is 0 Å². The minimum absolute atomic E-state index is 0.114. The van der Waals surface area contributed by atoms with Crippen LogP contribution in [0, 0.1) is 0 Å². The van der Waals surface area contributed by atoms with Crippen molar-refractivity contribution in [1.29, 1.82) is 0 Å². The third kappa shape index (κ3) is 6.57. The fourth-order valence-corrected chi connectivity index (χ4v) is 4.37. The Morgan fingerprint density at radius 1 is 1.14 bits per heavy atom. The summed E-state index contributed by atoms with van der Waals surface area (Å²) in [6.45, 7) is 2.08. The van der Waals surface area contributed by atoms with E-state index < -0.39 is 12.1 Å². The lowest BCUT2D eigenvalue weighted by Gasteiger charge is -2.22. The van der Waals surface area contributed by atoms with Crippen molar-refractivity contribution in [2.75, 3.05) is 13.2 Å². The second-order valence-corrected chi connectivity index (χ2v) is 9.31. The number of benzene rings is 3. The third-order valence-corrected chi connectivity index (χ3v) is 6.48. The first-order chi connectivity index (χ1) is 17.1. The topological polar surface area (TPSA) is 80.2 Å². The number of nitrogens with one attached hydrogen (secondary N) is 1. The zero-order valence-corrected chi connectivity index (χ0v) is 21.1. The summed E-state index contributed by atoms with van der Waals surface area (Å²) in [4.78, 5) is 18.8. The predicted octanol–water partition coefficient (Wildman–Crippen LogP) is 5.11. The summed E-state index contributed by atoms with van der Waals surface area (Å²) >= 11 is 3.46. The molecule has 1 aliphatic heterocycles. The van der Waals surface area contributed by atoms with Crippen LogP contribution in [0.15, 0.2) is 88.5 Å². The molecule has 1 heterocycles. The number of carbonyl (C=O) groups excluding carboxylic acids is 1. The van der Waals surface area contributed by atoms with Gasteiger partial charge < -0.3 is 20.0 Å². The van der Waals surface area contributed by atoms with E-state index in [0.717, 1.165) is 32.4 Å². The molecule has 3 aromatic rings. The van der Waals surface area contributed by atoms with Crippen molar-refractivity contribution in [3.63, 3.8) is 0 Å². The van der Waals surface area contributed by atoms with Gasteiger partial charge in [0.15, 0.2) is 6.10 Å². The minimum Gasteiger partial charge on any atom is -0.394 e. The minimum atomic E-state index is -0.676. The van der Waals surface area contributed by atoms with Gasteiger partial charge in [-0.3, -0.25) is 4.79 Å². The van der Waals surface area contributed by atoms with Crippen molar-refractivity contribution in [2.45, 2.75) is 38.0 Å². The van der Waals surface area contributed by atoms with Crippen LogP contribution < -0.4 is 5.32 Å². The van der Waals surface area contributed by atoms with Crippen molar-refractivity contribution >= 4 is 27.5 Å². The molecule has 1 amide bonds. The molecule has 0 fully saturated rings. The maximum absolute atomic E-state index is 13.1. The smallest absolute Gasteiger partial charge is 0.250 e. The van der Waals surface area contributed by atoms with Crippen molar-refractivity contribution in [3.05, 3.63) is 106 Å². The molecule has 35 heavy (non-hydrogen) atoms. The summed E-state index contributed by atoms with van der Waals surface area (Å²) in [7, 11) is 0. The molecule has 3 atom stereocenters. The lowest BCUT2D eigenvalue weighted by atomic mass is 9.97. The number of amides is 1. The van der Waals surface area contributed by atoms with Gasteiger partial charge in [0.2, 0.25) is 5.91 Å². The Hall–Kier alpha value is -3.00. The van der Waals surface area contributed by atoms with E-state index in [2.05, 4.69) is 26.4 Å². The number of halogens is 1. The highest BCUT2D eigenvalue weighted by molar-refractivity contribution is 9.10. The van der Waals surface area contributed by atoms with Crippen LogP contribution in [-0.4, -0.2) is 36.0 Å². The highest BCUT2D eigenvalue weighted by atomic mass is 79.9. The second kappa shape index (κ2) is 12.1. The number of carbonyl (C=O) groups is 1. The number of aliphatic hydroxyl groups is 1. The molecule has 0 saturated carbocycles. The van der Waals surface area contributed by atoms with Gasteiger partial charge in [0.1, 0.15) is 6.10 Å². The molecule has 6 nitrogen and oxygen atoms in total. The molecule has 0 aromatic heterocycles. The van der Waals surface area contributed by atoms with E-state index in [4.69, 9.17) is 9.57 Å². The molecule has 0 bridgehead atoms. The first-order valence-corrected chi connectivity index (χ1v) is 12.5. The van der Waals surface area contributed by atoms with Gasteiger partial charge in [-0.25, -0.2) is 0 Å². The molecule has 4 rings (SSSR count). The Morgan fingerprint density at radius 3 is 2.63 bits per heavy atom. The van der Waals surface area contributed by atoms with Crippen LogP contribution in [0.5, 0.6) is 0 Å². The zero-order valence-electron chi connectivity index (χ0n) is 19.6. The van der Waals surface area contributed by atoms with E-state index in [-0.39, 0.29) is 18.6 Å². The summed E-state index contributed by atoms with van der Waals surface area (Å²) in [5, 5.41) is 17.1. The molecule has 0 aliphatic carbocycles. The average molecular weight is 537 g/mol. The summed E-state index contributed by atoms with van der Waals surface area (Å²) < 4.78 is 6.81. The standard InChI is InChI=1S/C28H29BrN2O4/c1-2-34-27(28(33)30-25(18-32)20-8-4-3-5-9-20)16-19-7-6-10-22(15-19)24-17-26(35-31-24)21-11-13-23(29)14-12-21/h3-15,25-27,32H,2,16-18H2,1H3,(H,30,33)/t25-,26?,27+/m0/s1. The summed E-state index contributed by atoms with van der Waals surface area (Å²) in [5.74, 6) is -0.253. The first-order valence-electron chi connectivity index (χ1n) is 11.7. The number of hydrogen-bond acceptors (Lipinski definition) is 5. The Labute approximate surface area is 214 Å². The van der Waals surface area contributed by atoms with Gasteiger partial charge in [0, 0.05) is 23.9 Å². The maximum atomic E-state index is 13.1. The second-order valence-electron chi connectivity index (χ2n) is 8.39. The third-order valence-electron chi connectivity index (χ3n) is 5.95. The molecular formula is C28H29BrN2O4. The normalized spacial score (nSPS) is 16.8. The summed E-state index contributed by atoms with van der Waals surface area (Å²) in [5.41, 5.74) is 4.73. The molecule has 3 aromatic carbocycles. The van der Waals surface area contributed by atoms with Crippen LogP contribution in [0.2, 0.25) is 0 Å². The number of oxime groups is 1. The molecular weight excluding hydrogens is 508 g/mol. The van der Waals surface area contributed by atoms with Gasteiger partial charge in [-0.15, -0.1) is 0 Å². The zero-order chi connectivity index (χ0) is 24.6. The van der Waals surface area contributed by atoms with Crippen molar-refractivity contribution in [3.8, 4) is 0 Å². The van der Waals surface area contributed by atoms with Gasteiger partial charge in [-0.05, 0) is 47.4 Å².